The maximum absolute atomic E-state index is 13.0. The first kappa shape index (κ1) is 22.6. The Kier molecular flexibility index (Phi) is 7.17. The van der Waals surface area contributed by atoms with Crippen molar-refractivity contribution in [3.8, 4) is 5.75 Å². The van der Waals surface area contributed by atoms with Crippen LogP contribution in [0.25, 0.3) is 5.76 Å². The van der Waals surface area contributed by atoms with Crippen LogP contribution >= 0.6 is 0 Å². The molecule has 166 valence electrons. The molecule has 1 fully saturated rings. The fourth-order valence-corrected chi connectivity index (χ4v) is 3.54. The molecule has 1 aromatic carbocycles. The lowest BCUT2D eigenvalue weighted by Crippen LogP contribution is -2.35. The third kappa shape index (κ3) is 4.99. The molecule has 7 nitrogen and oxygen atoms in total. The molecule has 3 rings (SSSR count). The van der Waals surface area contributed by atoms with E-state index in [2.05, 4.69) is 6.92 Å². The van der Waals surface area contributed by atoms with Crippen LogP contribution in [0.15, 0.2) is 46.4 Å². The third-order valence-electron chi connectivity index (χ3n) is 5.23. The fourth-order valence-electron chi connectivity index (χ4n) is 3.54. The van der Waals surface area contributed by atoms with Gasteiger partial charge in [0.05, 0.1) is 12.2 Å². The van der Waals surface area contributed by atoms with Crippen LogP contribution in [0.2, 0.25) is 0 Å². The van der Waals surface area contributed by atoms with E-state index in [0.29, 0.717) is 42.5 Å². The van der Waals surface area contributed by atoms with Gasteiger partial charge in [-0.15, -0.1) is 0 Å². The fraction of sp³-hybridized carbons (Fsp3) is 0.417. The van der Waals surface area contributed by atoms with Gasteiger partial charge in [0.1, 0.15) is 29.1 Å². The van der Waals surface area contributed by atoms with E-state index in [9.17, 15) is 14.7 Å². The van der Waals surface area contributed by atoms with Gasteiger partial charge in [-0.25, -0.2) is 0 Å². The molecule has 2 aromatic rings. The number of amides is 1. The summed E-state index contributed by atoms with van der Waals surface area (Å²) in [6.07, 6.45) is 1.93. The van der Waals surface area contributed by atoms with Crippen LogP contribution in [0.3, 0.4) is 0 Å². The lowest BCUT2D eigenvalue weighted by Gasteiger charge is -2.24. The highest BCUT2D eigenvalue weighted by Crippen LogP contribution is 2.40. The normalized spacial score (nSPS) is 18.2. The first-order valence-electron chi connectivity index (χ1n) is 10.6. The van der Waals surface area contributed by atoms with Gasteiger partial charge in [0, 0.05) is 18.7 Å². The molecule has 1 aliphatic rings. The zero-order valence-corrected chi connectivity index (χ0v) is 18.6. The summed E-state index contributed by atoms with van der Waals surface area (Å²) < 4.78 is 11.5. The molecule has 0 aliphatic carbocycles. The second kappa shape index (κ2) is 9.83. The molecule has 1 N–H and O–H groups in total. The summed E-state index contributed by atoms with van der Waals surface area (Å²) in [5, 5.41) is 11.1. The number of hydrogen-bond acceptors (Lipinski definition) is 6. The molecule has 2 heterocycles. The number of aryl methyl sites for hydroxylation is 1. The summed E-state index contributed by atoms with van der Waals surface area (Å²) in [5.41, 5.74) is 0.455. The van der Waals surface area contributed by atoms with Crippen LogP contribution in [-0.4, -0.2) is 60.4 Å². The van der Waals surface area contributed by atoms with E-state index < -0.39 is 17.7 Å². The molecule has 1 aliphatic heterocycles. The maximum atomic E-state index is 13.0. The minimum atomic E-state index is -0.779. The molecule has 31 heavy (non-hydrogen) atoms. The van der Waals surface area contributed by atoms with Crippen molar-refractivity contribution in [3.05, 3.63) is 59.1 Å². The molecule has 1 amide bonds. The van der Waals surface area contributed by atoms with Gasteiger partial charge in [0.15, 0.2) is 0 Å². The van der Waals surface area contributed by atoms with Crippen LogP contribution < -0.4 is 4.74 Å². The molecule has 0 spiro atoms. The van der Waals surface area contributed by atoms with Gasteiger partial charge < -0.3 is 24.1 Å². The Hall–Kier alpha value is -3.06. The number of nitrogens with zero attached hydrogens (tertiary/aromatic N) is 2. The number of aliphatic hydroxyl groups is 1. The Morgan fingerprint density at radius 2 is 2.00 bits per heavy atom. The minimum absolute atomic E-state index is 0.0313. The van der Waals surface area contributed by atoms with Crippen molar-refractivity contribution in [1.82, 2.24) is 9.80 Å². The number of likely N-dealkylation sites (N-methyl/N-ethyl adjacent to an activating group) is 1. The van der Waals surface area contributed by atoms with Crippen LogP contribution in [0.5, 0.6) is 5.75 Å². The van der Waals surface area contributed by atoms with E-state index in [1.807, 2.05) is 19.0 Å². The first-order valence-corrected chi connectivity index (χ1v) is 10.6. The lowest BCUT2D eigenvalue weighted by atomic mass is 9.99. The highest BCUT2D eigenvalue weighted by atomic mass is 16.5. The number of aliphatic hydroxyl groups excluding tert-OH is 1. The summed E-state index contributed by atoms with van der Waals surface area (Å²) >= 11 is 0. The Balaban J connectivity index is 2.03. The molecular weight excluding hydrogens is 396 g/mol. The summed E-state index contributed by atoms with van der Waals surface area (Å²) in [6.45, 7) is 5.36. The topological polar surface area (TPSA) is 83.2 Å². The number of ether oxygens (including phenoxy) is 1. The molecule has 0 bridgehead atoms. The molecule has 0 saturated carbocycles. The van der Waals surface area contributed by atoms with Crippen molar-refractivity contribution >= 4 is 17.4 Å². The zero-order chi connectivity index (χ0) is 22.5. The largest absolute Gasteiger partial charge is 0.507 e. The number of benzene rings is 1. The van der Waals surface area contributed by atoms with Crippen LogP contribution in [0.4, 0.5) is 0 Å². The summed E-state index contributed by atoms with van der Waals surface area (Å²) in [5.74, 6) is 0.132. The van der Waals surface area contributed by atoms with Gasteiger partial charge in [-0.1, -0.05) is 25.5 Å². The van der Waals surface area contributed by atoms with Crippen molar-refractivity contribution in [2.45, 2.75) is 32.7 Å². The Bertz CT molecular complexity index is 976. The van der Waals surface area contributed by atoms with Crippen molar-refractivity contribution in [1.29, 1.82) is 0 Å². The lowest BCUT2D eigenvalue weighted by molar-refractivity contribution is -0.140. The van der Waals surface area contributed by atoms with Crippen LogP contribution in [0, 0.1) is 6.92 Å². The van der Waals surface area contributed by atoms with Crippen molar-refractivity contribution in [2.75, 3.05) is 33.8 Å². The Morgan fingerprint density at radius 1 is 1.23 bits per heavy atom. The van der Waals surface area contributed by atoms with E-state index in [1.165, 1.54) is 4.90 Å². The van der Waals surface area contributed by atoms with Crippen molar-refractivity contribution < 1.29 is 23.8 Å². The first-order chi connectivity index (χ1) is 14.8. The highest BCUT2D eigenvalue weighted by molar-refractivity contribution is 6.46. The maximum Gasteiger partial charge on any atom is 0.295 e. The van der Waals surface area contributed by atoms with Crippen molar-refractivity contribution in [3.63, 3.8) is 0 Å². The number of furan rings is 1. The van der Waals surface area contributed by atoms with E-state index in [4.69, 9.17) is 9.15 Å². The Morgan fingerprint density at radius 3 is 2.65 bits per heavy atom. The average molecular weight is 427 g/mol. The molecule has 1 saturated heterocycles. The summed E-state index contributed by atoms with van der Waals surface area (Å²) in [4.78, 5) is 29.2. The number of likely N-dealkylation sites (tertiary alicyclic amines) is 1. The van der Waals surface area contributed by atoms with Gasteiger partial charge in [0.2, 0.25) is 0 Å². The van der Waals surface area contributed by atoms with Gasteiger partial charge in [-0.3, -0.25) is 9.59 Å². The summed E-state index contributed by atoms with van der Waals surface area (Å²) in [6, 6.07) is 9.68. The van der Waals surface area contributed by atoms with Gasteiger partial charge in [0.25, 0.3) is 11.7 Å². The number of ketones is 1. The molecular formula is C24H30N2O5. The quantitative estimate of drug-likeness (QED) is 0.285. The average Bonchev–Trinajstić information content (AvgIpc) is 3.27. The van der Waals surface area contributed by atoms with Crippen LogP contribution in [-0.2, 0) is 9.59 Å². The van der Waals surface area contributed by atoms with Gasteiger partial charge >= 0.3 is 0 Å². The standard InChI is InChI=1S/C24H30N2O5/c1-5-6-14-30-18-9-7-8-17(15-18)22(27)20-21(19-11-10-16(2)31-19)26(13-12-25(3)4)24(29)23(20)28/h7-11,15,21,27H,5-6,12-14H2,1-4H3/b22-20+. The predicted octanol–water partition coefficient (Wildman–Crippen LogP) is 3.75. The Labute approximate surface area is 182 Å². The second-order valence-electron chi connectivity index (χ2n) is 7.97. The zero-order valence-electron chi connectivity index (χ0n) is 18.6. The number of Topliss-reactive ketones (excluding diaryl/α,β-unsaturated/α-hetero) is 1. The van der Waals surface area contributed by atoms with Gasteiger partial charge in [-0.2, -0.15) is 0 Å². The van der Waals surface area contributed by atoms with E-state index in [-0.39, 0.29) is 11.3 Å². The van der Waals surface area contributed by atoms with E-state index in [1.54, 1.807) is 43.3 Å². The minimum Gasteiger partial charge on any atom is -0.507 e. The van der Waals surface area contributed by atoms with E-state index in [0.717, 1.165) is 12.8 Å². The number of rotatable bonds is 9. The van der Waals surface area contributed by atoms with E-state index >= 15 is 0 Å². The van der Waals surface area contributed by atoms with Crippen molar-refractivity contribution in [2.24, 2.45) is 0 Å². The van der Waals surface area contributed by atoms with Gasteiger partial charge in [-0.05, 0) is 51.7 Å². The molecule has 0 radical (unpaired) electrons. The molecule has 7 heteroatoms. The third-order valence-corrected chi connectivity index (χ3v) is 5.23. The smallest absolute Gasteiger partial charge is 0.295 e. The molecule has 1 aromatic heterocycles. The monoisotopic (exact) mass is 426 g/mol. The van der Waals surface area contributed by atoms with Crippen LogP contribution in [0.1, 0.15) is 42.9 Å². The molecule has 1 unspecified atom stereocenters. The predicted molar refractivity (Wildman–Crippen MR) is 118 cm³/mol. The summed E-state index contributed by atoms with van der Waals surface area (Å²) in [7, 11) is 3.79. The molecule has 1 atom stereocenters. The highest BCUT2D eigenvalue weighted by Gasteiger charge is 2.47. The number of carbonyl (C=O) groups is 2. The number of unbranched alkanes of at least 4 members (excludes halogenated alkanes) is 1. The SMILES string of the molecule is CCCCOc1cccc(/C(O)=C2\C(=O)C(=O)N(CCN(C)C)C2c2ccc(C)o2)c1. The number of carbonyl (C=O) groups excluding carboxylic acids is 2. The second-order valence-corrected chi connectivity index (χ2v) is 7.97. The number of hydrogen-bond donors (Lipinski definition) is 1.